The number of carbonyl (C=O) groups excluding carboxylic acids is 4. The summed E-state index contributed by atoms with van der Waals surface area (Å²) in [5, 5.41) is 5.64. The van der Waals surface area contributed by atoms with Gasteiger partial charge in [0.15, 0.2) is 11.5 Å². The van der Waals surface area contributed by atoms with Gasteiger partial charge in [-0.2, -0.15) is 0 Å². The van der Waals surface area contributed by atoms with Crippen molar-refractivity contribution in [2.24, 2.45) is 0 Å². The van der Waals surface area contributed by atoms with Crippen molar-refractivity contribution in [3.63, 3.8) is 0 Å². The molecule has 2 N–H and O–H groups in total. The lowest BCUT2D eigenvalue weighted by molar-refractivity contribution is -0.134. The summed E-state index contributed by atoms with van der Waals surface area (Å²) in [5.74, 6) is -1.07. The van der Waals surface area contributed by atoms with Crippen LogP contribution in [0.15, 0.2) is 42.5 Å². The number of nitrogens with one attached hydrogen (secondary N) is 2. The average Bonchev–Trinajstić information content (AvgIpc) is 3.60. The minimum atomic E-state index is -1.42. The number of halogens is 1. The molecule has 41 heavy (non-hydrogen) atoms. The molecule has 214 valence electrons. The Labute approximate surface area is 239 Å². The minimum Gasteiger partial charge on any atom is -0.462 e. The zero-order valence-corrected chi connectivity index (χ0v) is 23.5. The second-order valence-electron chi connectivity index (χ2n) is 9.57. The number of rotatable bonds is 9. The molecular formula is C29H28FN3O7S. The van der Waals surface area contributed by atoms with Crippen molar-refractivity contribution in [3.05, 3.63) is 75.4 Å². The van der Waals surface area contributed by atoms with Gasteiger partial charge in [-0.15, -0.1) is 11.3 Å². The summed E-state index contributed by atoms with van der Waals surface area (Å²) in [4.78, 5) is 54.0. The van der Waals surface area contributed by atoms with Crippen LogP contribution in [0.3, 0.4) is 0 Å². The van der Waals surface area contributed by atoms with Gasteiger partial charge >= 0.3 is 12.0 Å². The number of thiophene rings is 1. The number of fused-ring (bicyclic) bond motifs is 1. The lowest BCUT2D eigenvalue weighted by atomic mass is 9.87. The standard InChI is InChI=1S/C29H28FN3O7S/c1-4-29(18-7-9-19(30)10-8-18)27(36)33(28(37)32-29)14-23(34)31-25-24(26(35)38-5-2)16(3)22(41-25)13-17-6-11-20-21(12-17)40-15-39-20/h6-12H,4-5,13-15H2,1-3H3,(H,31,34)(H,32,37)/t29-/m1/s1. The topological polar surface area (TPSA) is 123 Å². The molecular weight excluding hydrogens is 553 g/mol. The summed E-state index contributed by atoms with van der Waals surface area (Å²) in [7, 11) is 0. The van der Waals surface area contributed by atoms with Crippen LogP contribution in [-0.2, 0) is 26.3 Å². The third-order valence-corrected chi connectivity index (χ3v) is 8.33. The normalized spacial score (nSPS) is 17.5. The van der Waals surface area contributed by atoms with Crippen molar-refractivity contribution in [2.75, 3.05) is 25.3 Å². The molecule has 10 nitrogen and oxygen atoms in total. The van der Waals surface area contributed by atoms with Crippen LogP contribution >= 0.6 is 11.3 Å². The van der Waals surface area contributed by atoms with E-state index in [0.717, 1.165) is 15.3 Å². The van der Waals surface area contributed by atoms with Crippen molar-refractivity contribution in [1.29, 1.82) is 0 Å². The second-order valence-corrected chi connectivity index (χ2v) is 10.7. The van der Waals surface area contributed by atoms with E-state index in [4.69, 9.17) is 14.2 Å². The van der Waals surface area contributed by atoms with Crippen molar-refractivity contribution in [1.82, 2.24) is 10.2 Å². The van der Waals surface area contributed by atoms with E-state index in [0.29, 0.717) is 29.0 Å². The summed E-state index contributed by atoms with van der Waals surface area (Å²) < 4.78 is 29.6. The molecule has 1 saturated heterocycles. The fraction of sp³-hybridized carbons (Fsp3) is 0.310. The first-order valence-electron chi connectivity index (χ1n) is 13.0. The van der Waals surface area contributed by atoms with Gasteiger partial charge in [-0.3, -0.25) is 14.5 Å². The van der Waals surface area contributed by atoms with Gasteiger partial charge < -0.3 is 24.8 Å². The van der Waals surface area contributed by atoms with Crippen LogP contribution in [0, 0.1) is 12.7 Å². The van der Waals surface area contributed by atoms with Crippen LogP contribution < -0.4 is 20.1 Å². The van der Waals surface area contributed by atoms with Gasteiger partial charge in [0.1, 0.15) is 22.9 Å². The number of hydrogen-bond donors (Lipinski definition) is 2. The van der Waals surface area contributed by atoms with Crippen molar-refractivity contribution in [2.45, 2.75) is 39.2 Å². The molecule has 3 aromatic rings. The molecule has 5 rings (SSSR count). The maximum Gasteiger partial charge on any atom is 0.341 e. The summed E-state index contributed by atoms with van der Waals surface area (Å²) in [6.07, 6.45) is 0.654. The number of imide groups is 1. The Balaban J connectivity index is 1.37. The lowest BCUT2D eigenvalue weighted by Gasteiger charge is -2.25. The fourth-order valence-corrected chi connectivity index (χ4v) is 6.20. The smallest absolute Gasteiger partial charge is 0.341 e. The van der Waals surface area contributed by atoms with Crippen molar-refractivity contribution in [3.8, 4) is 11.5 Å². The predicted octanol–water partition coefficient (Wildman–Crippen LogP) is 4.49. The van der Waals surface area contributed by atoms with Gasteiger partial charge in [0.25, 0.3) is 5.91 Å². The van der Waals surface area contributed by atoms with Crippen molar-refractivity contribution >= 4 is 40.2 Å². The highest BCUT2D eigenvalue weighted by atomic mass is 32.1. The molecule has 0 radical (unpaired) electrons. The highest BCUT2D eigenvalue weighted by Crippen LogP contribution is 2.38. The lowest BCUT2D eigenvalue weighted by Crippen LogP contribution is -2.44. The summed E-state index contributed by atoms with van der Waals surface area (Å²) in [5.41, 5.74) is 0.778. The maximum absolute atomic E-state index is 13.5. The Bertz CT molecular complexity index is 1540. The predicted molar refractivity (Wildman–Crippen MR) is 148 cm³/mol. The molecule has 2 aliphatic heterocycles. The number of anilines is 1. The van der Waals surface area contributed by atoms with Crippen LogP contribution in [0.5, 0.6) is 11.5 Å². The Morgan fingerprint density at radius 3 is 2.56 bits per heavy atom. The number of urea groups is 1. The quantitative estimate of drug-likeness (QED) is 0.282. The molecule has 3 heterocycles. The van der Waals surface area contributed by atoms with Crippen molar-refractivity contribution < 1.29 is 37.8 Å². The molecule has 0 saturated carbocycles. The Morgan fingerprint density at radius 2 is 1.85 bits per heavy atom. The van der Waals surface area contributed by atoms with E-state index in [2.05, 4.69) is 10.6 Å². The molecule has 0 bridgehead atoms. The van der Waals surface area contributed by atoms with Crippen LogP contribution in [0.2, 0.25) is 0 Å². The van der Waals surface area contributed by atoms with Crippen LogP contribution in [0.4, 0.5) is 14.2 Å². The number of nitrogens with zero attached hydrogens (tertiary/aromatic N) is 1. The molecule has 12 heteroatoms. The number of ether oxygens (including phenoxy) is 3. The second kappa shape index (κ2) is 11.2. The Kier molecular flexibility index (Phi) is 7.68. The van der Waals surface area contributed by atoms with E-state index < -0.39 is 41.7 Å². The van der Waals surface area contributed by atoms with E-state index >= 15 is 0 Å². The zero-order valence-electron chi connectivity index (χ0n) is 22.7. The molecule has 0 spiro atoms. The first kappa shape index (κ1) is 28.1. The third kappa shape index (κ3) is 5.22. The van der Waals surface area contributed by atoms with Crippen LogP contribution in [0.1, 0.15) is 52.2 Å². The van der Waals surface area contributed by atoms with E-state index in [-0.39, 0.29) is 30.4 Å². The number of hydrogen-bond acceptors (Lipinski definition) is 8. The number of esters is 1. The van der Waals surface area contributed by atoms with E-state index in [1.54, 1.807) is 20.8 Å². The number of carbonyl (C=O) groups is 4. The molecule has 1 atom stereocenters. The van der Waals surface area contributed by atoms with Gasteiger partial charge in [0.05, 0.1) is 12.2 Å². The monoisotopic (exact) mass is 581 g/mol. The maximum atomic E-state index is 13.5. The number of amides is 4. The average molecular weight is 582 g/mol. The van der Waals surface area contributed by atoms with Gasteiger partial charge in [-0.25, -0.2) is 14.0 Å². The summed E-state index contributed by atoms with van der Waals surface area (Å²) in [6.45, 7) is 4.89. The summed E-state index contributed by atoms with van der Waals surface area (Å²) >= 11 is 1.21. The van der Waals surface area contributed by atoms with E-state index in [1.807, 2.05) is 18.2 Å². The summed E-state index contributed by atoms with van der Waals surface area (Å²) in [6, 6.07) is 10.1. The highest BCUT2D eigenvalue weighted by Gasteiger charge is 2.51. The number of benzene rings is 2. The molecule has 1 fully saturated rings. The van der Waals surface area contributed by atoms with E-state index in [9.17, 15) is 23.6 Å². The van der Waals surface area contributed by atoms with Gasteiger partial charge in [-0.1, -0.05) is 25.1 Å². The highest BCUT2D eigenvalue weighted by molar-refractivity contribution is 7.17. The van der Waals surface area contributed by atoms with Gasteiger partial charge in [0.2, 0.25) is 12.7 Å². The minimum absolute atomic E-state index is 0.143. The molecule has 2 aliphatic rings. The first-order valence-corrected chi connectivity index (χ1v) is 13.9. The molecule has 2 aromatic carbocycles. The zero-order chi connectivity index (χ0) is 29.3. The fourth-order valence-electron chi connectivity index (χ4n) is 4.96. The van der Waals surface area contributed by atoms with Crippen LogP contribution in [0.25, 0.3) is 0 Å². The Hall–Kier alpha value is -4.45. The first-order chi connectivity index (χ1) is 19.7. The molecule has 0 unspecified atom stereocenters. The van der Waals surface area contributed by atoms with Gasteiger partial charge in [0, 0.05) is 11.3 Å². The largest absolute Gasteiger partial charge is 0.462 e. The molecule has 0 aliphatic carbocycles. The van der Waals surface area contributed by atoms with E-state index in [1.165, 1.54) is 35.6 Å². The molecule has 4 amide bonds. The molecule has 1 aromatic heterocycles. The Morgan fingerprint density at radius 1 is 1.12 bits per heavy atom. The SMILES string of the molecule is CCOC(=O)c1c(NC(=O)CN2C(=O)N[C@](CC)(c3ccc(F)cc3)C2=O)sc(Cc2ccc3c(c2)OCO3)c1C. The van der Waals surface area contributed by atoms with Gasteiger partial charge in [-0.05, 0) is 61.2 Å². The van der Waals surface area contributed by atoms with Crippen LogP contribution in [-0.4, -0.2) is 48.7 Å². The third-order valence-electron chi connectivity index (χ3n) is 7.12.